The van der Waals surface area contributed by atoms with Crippen molar-refractivity contribution in [1.82, 2.24) is 0 Å². The number of aliphatic carboxylic acids is 1. The molecule has 1 aliphatic carbocycles. The lowest BCUT2D eigenvalue weighted by Gasteiger charge is -2.08. The van der Waals surface area contributed by atoms with Crippen molar-refractivity contribution in [3.05, 3.63) is 59.7 Å². The third-order valence-electron chi connectivity index (χ3n) is 3.38. The number of aliphatic hydroxyl groups excluding tert-OH is 1. The predicted octanol–water partition coefficient (Wildman–Crippen LogP) is 2.89. The predicted molar refractivity (Wildman–Crippen MR) is 81.9 cm³/mol. The molecule has 0 aromatic heterocycles. The molecule has 106 valence electrons. The maximum absolute atomic E-state index is 9.46. The number of fused-ring (bicyclic) bond motifs is 3. The third kappa shape index (κ3) is 3.13. The summed E-state index contributed by atoms with van der Waals surface area (Å²) < 4.78 is 0. The minimum Gasteiger partial charge on any atom is -0.472 e. The average molecular weight is 280 g/mol. The van der Waals surface area contributed by atoms with Gasteiger partial charge in [-0.3, -0.25) is 0 Å². The van der Waals surface area contributed by atoms with Crippen molar-refractivity contribution in [2.45, 2.75) is 12.8 Å². The van der Waals surface area contributed by atoms with Gasteiger partial charge in [-0.05, 0) is 29.2 Å². The van der Waals surface area contributed by atoms with Crippen LogP contribution < -0.4 is 0 Å². The third-order valence-corrected chi connectivity index (χ3v) is 3.38. The van der Waals surface area contributed by atoms with E-state index < -0.39 is 5.97 Å². The Kier molecular flexibility index (Phi) is 4.76. The second kappa shape index (κ2) is 6.74. The first-order chi connectivity index (χ1) is 10.2. The summed E-state index contributed by atoms with van der Waals surface area (Å²) in [5, 5.41) is 17.2. The number of carboxylic acids is 1. The lowest BCUT2D eigenvalue weighted by atomic mass is 9.98. The quantitative estimate of drug-likeness (QED) is 0.790. The molecule has 0 radical (unpaired) electrons. The van der Waals surface area contributed by atoms with Gasteiger partial charge >= 0.3 is 5.97 Å². The van der Waals surface area contributed by atoms with Gasteiger partial charge in [0.05, 0.1) is 6.61 Å². The zero-order valence-electron chi connectivity index (χ0n) is 11.7. The van der Waals surface area contributed by atoms with Crippen molar-refractivity contribution in [1.29, 1.82) is 0 Å². The van der Waals surface area contributed by atoms with E-state index in [1.807, 2.05) is 18.1 Å². The van der Waals surface area contributed by atoms with Crippen molar-refractivity contribution in [3.63, 3.8) is 0 Å². The molecule has 0 fully saturated rings. The molecule has 0 saturated carbocycles. The Labute approximate surface area is 123 Å². The molecule has 21 heavy (non-hydrogen) atoms. The highest BCUT2D eigenvalue weighted by Gasteiger charge is 2.26. The first kappa shape index (κ1) is 14.8. The topological polar surface area (TPSA) is 57.5 Å². The van der Waals surface area contributed by atoms with Crippen LogP contribution in [0.1, 0.15) is 24.0 Å². The summed E-state index contributed by atoms with van der Waals surface area (Å²) in [6, 6.07) is 16.6. The summed E-state index contributed by atoms with van der Waals surface area (Å²) in [4.78, 5) is 9.43. The molecule has 2 aromatic carbocycles. The van der Waals surface area contributed by atoms with Crippen LogP contribution in [0.2, 0.25) is 0 Å². The van der Waals surface area contributed by atoms with Crippen LogP contribution in [0.5, 0.6) is 0 Å². The lowest BCUT2D eigenvalue weighted by molar-refractivity contribution is -0.130. The van der Waals surface area contributed by atoms with Crippen LogP contribution in [0.15, 0.2) is 48.5 Å². The molecular formula is C18H16O3. The van der Waals surface area contributed by atoms with Gasteiger partial charge in [-0.25, -0.2) is 4.79 Å². The molecular weight excluding hydrogens is 264 g/mol. The van der Waals surface area contributed by atoms with E-state index in [0.717, 1.165) is 0 Å². The van der Waals surface area contributed by atoms with Gasteiger partial charge in [0.1, 0.15) is 0 Å². The Morgan fingerprint density at radius 1 is 1.05 bits per heavy atom. The summed E-state index contributed by atoms with van der Waals surface area (Å²) in [5.74, 6) is 3.19. The summed E-state index contributed by atoms with van der Waals surface area (Å²) in [6.45, 7) is 1.67. The summed E-state index contributed by atoms with van der Waals surface area (Å²) in [5.41, 5.74) is 5.04. The van der Waals surface area contributed by atoms with Gasteiger partial charge in [0.15, 0.2) is 0 Å². The standard InChI is InChI=1S/C14H12O.C4H4O2/c15-9-14-12-7-3-1-5-10(12)11-6-2-4-8-13(11)14;1-2-3-4(5)6/h1-8,14-15H,9H2;1H3,(H,5,6). The van der Waals surface area contributed by atoms with Gasteiger partial charge in [-0.1, -0.05) is 54.5 Å². The van der Waals surface area contributed by atoms with Crippen LogP contribution >= 0.6 is 0 Å². The van der Waals surface area contributed by atoms with E-state index in [4.69, 9.17) is 5.11 Å². The Bertz CT molecular complexity index is 662. The van der Waals surface area contributed by atoms with Crippen LogP contribution in [0.3, 0.4) is 0 Å². The molecule has 0 unspecified atom stereocenters. The highest BCUT2D eigenvalue weighted by atomic mass is 16.4. The van der Waals surface area contributed by atoms with Crippen molar-refractivity contribution in [2.75, 3.05) is 6.61 Å². The molecule has 0 bridgehead atoms. The fraction of sp³-hybridized carbons (Fsp3) is 0.167. The molecule has 0 spiro atoms. The molecule has 3 rings (SSSR count). The zero-order chi connectivity index (χ0) is 15.2. The molecule has 0 atom stereocenters. The molecule has 1 aliphatic rings. The Morgan fingerprint density at radius 2 is 1.52 bits per heavy atom. The van der Waals surface area contributed by atoms with Crippen LogP contribution in [0.4, 0.5) is 0 Å². The van der Waals surface area contributed by atoms with E-state index in [0.29, 0.717) is 0 Å². The minimum atomic E-state index is -1.07. The second-order valence-electron chi connectivity index (χ2n) is 4.59. The van der Waals surface area contributed by atoms with Gasteiger partial charge in [-0.15, -0.1) is 0 Å². The monoisotopic (exact) mass is 280 g/mol. The van der Waals surface area contributed by atoms with Gasteiger partial charge in [0.2, 0.25) is 0 Å². The summed E-state index contributed by atoms with van der Waals surface area (Å²) >= 11 is 0. The van der Waals surface area contributed by atoms with Crippen molar-refractivity contribution in [3.8, 4) is 23.0 Å². The van der Waals surface area contributed by atoms with Crippen molar-refractivity contribution >= 4 is 5.97 Å². The van der Waals surface area contributed by atoms with Crippen LogP contribution in [0, 0.1) is 11.8 Å². The van der Waals surface area contributed by atoms with E-state index in [2.05, 4.69) is 42.3 Å². The number of carboxylic acid groups (broad SMARTS) is 1. The average Bonchev–Trinajstić information content (AvgIpc) is 2.81. The second-order valence-corrected chi connectivity index (χ2v) is 4.59. The molecule has 3 nitrogen and oxygen atoms in total. The van der Waals surface area contributed by atoms with E-state index in [9.17, 15) is 9.90 Å². The first-order valence-corrected chi connectivity index (χ1v) is 6.63. The zero-order valence-corrected chi connectivity index (χ0v) is 11.7. The summed E-state index contributed by atoms with van der Waals surface area (Å²) in [6.07, 6.45) is 0. The molecule has 3 heteroatoms. The fourth-order valence-corrected chi connectivity index (χ4v) is 2.56. The molecule has 0 saturated heterocycles. The normalized spacial score (nSPS) is 11.3. The van der Waals surface area contributed by atoms with E-state index in [-0.39, 0.29) is 12.5 Å². The number of aliphatic hydroxyl groups is 1. The Hall–Kier alpha value is -2.57. The number of hydrogen-bond donors (Lipinski definition) is 2. The Balaban J connectivity index is 0.000000232. The smallest absolute Gasteiger partial charge is 0.381 e. The number of carbonyl (C=O) groups is 1. The van der Waals surface area contributed by atoms with Gasteiger partial charge in [0, 0.05) is 11.8 Å². The van der Waals surface area contributed by atoms with Crippen LogP contribution in [-0.4, -0.2) is 22.8 Å². The molecule has 2 aromatic rings. The molecule has 0 heterocycles. The van der Waals surface area contributed by atoms with Gasteiger partial charge in [0.25, 0.3) is 0 Å². The highest BCUT2D eigenvalue weighted by molar-refractivity contribution is 5.86. The Morgan fingerprint density at radius 3 is 1.86 bits per heavy atom. The van der Waals surface area contributed by atoms with Crippen molar-refractivity contribution in [2.24, 2.45) is 0 Å². The summed E-state index contributed by atoms with van der Waals surface area (Å²) in [7, 11) is 0. The number of rotatable bonds is 1. The largest absolute Gasteiger partial charge is 0.472 e. The van der Waals surface area contributed by atoms with Crippen molar-refractivity contribution < 1.29 is 15.0 Å². The van der Waals surface area contributed by atoms with E-state index in [1.165, 1.54) is 29.2 Å². The maximum atomic E-state index is 9.46. The van der Waals surface area contributed by atoms with Crippen LogP contribution in [-0.2, 0) is 4.79 Å². The molecule has 0 amide bonds. The maximum Gasteiger partial charge on any atom is 0.381 e. The van der Waals surface area contributed by atoms with E-state index >= 15 is 0 Å². The van der Waals surface area contributed by atoms with Gasteiger partial charge in [-0.2, -0.15) is 0 Å². The van der Waals surface area contributed by atoms with Crippen LogP contribution in [0.25, 0.3) is 11.1 Å². The number of hydrogen-bond acceptors (Lipinski definition) is 2. The minimum absolute atomic E-state index is 0.164. The fourth-order valence-electron chi connectivity index (χ4n) is 2.56. The lowest BCUT2D eigenvalue weighted by Crippen LogP contribution is -2.01. The molecule has 2 N–H and O–H groups in total. The highest BCUT2D eigenvalue weighted by Crippen LogP contribution is 2.43. The SMILES string of the molecule is CC#CC(=O)O.OCC1c2ccccc2-c2ccccc21. The van der Waals surface area contributed by atoms with E-state index in [1.54, 1.807) is 0 Å². The number of benzene rings is 2. The van der Waals surface area contributed by atoms with Gasteiger partial charge < -0.3 is 10.2 Å². The molecule has 0 aliphatic heterocycles. The first-order valence-electron chi connectivity index (χ1n) is 6.63.